The third-order valence-corrected chi connectivity index (χ3v) is 11.5. The van der Waals surface area contributed by atoms with Crippen LogP contribution in [0, 0.1) is 17.8 Å². The van der Waals surface area contributed by atoms with E-state index in [9.17, 15) is 24.3 Å². The monoisotopic (exact) mass is 727 g/mol. The van der Waals surface area contributed by atoms with Crippen LogP contribution in [0.4, 0.5) is 0 Å². The molecular formula is C37H50BrN3O7. The van der Waals surface area contributed by atoms with E-state index in [1.807, 2.05) is 49.1 Å². The Bertz CT molecular complexity index is 1350. The maximum Gasteiger partial charge on any atom is 0.313 e. The summed E-state index contributed by atoms with van der Waals surface area (Å²) in [4.78, 5) is 59.4. The second-order valence-corrected chi connectivity index (χ2v) is 15.1. The lowest BCUT2D eigenvalue weighted by molar-refractivity contribution is -0.161. The Morgan fingerprint density at radius 2 is 1.88 bits per heavy atom. The normalized spacial score (nSPS) is 29.3. The zero-order valence-corrected chi connectivity index (χ0v) is 29.7. The molecule has 1 unspecified atom stereocenters. The highest BCUT2D eigenvalue weighted by Gasteiger charge is 2.77. The molecule has 5 rings (SSSR count). The van der Waals surface area contributed by atoms with Gasteiger partial charge in [0.25, 0.3) is 0 Å². The van der Waals surface area contributed by atoms with Gasteiger partial charge in [-0.3, -0.25) is 19.2 Å². The minimum atomic E-state index is -1.28. The van der Waals surface area contributed by atoms with Crippen LogP contribution in [0.2, 0.25) is 0 Å². The maximum atomic E-state index is 14.9. The number of fused-ring (bicyclic) bond motifs is 1. The van der Waals surface area contributed by atoms with Crippen molar-refractivity contribution in [3.8, 4) is 0 Å². The molecule has 48 heavy (non-hydrogen) atoms. The number of amides is 3. The number of rotatable bonds is 15. The summed E-state index contributed by atoms with van der Waals surface area (Å²) >= 11 is 3.75. The molecule has 2 N–H and O–H groups in total. The van der Waals surface area contributed by atoms with Gasteiger partial charge in [-0.25, -0.2) is 0 Å². The van der Waals surface area contributed by atoms with Crippen molar-refractivity contribution in [2.24, 2.45) is 17.8 Å². The number of aliphatic hydroxyl groups excluding tert-OH is 1. The molecule has 1 aliphatic carbocycles. The molecule has 1 spiro atoms. The van der Waals surface area contributed by atoms with Crippen molar-refractivity contribution < 1.29 is 33.8 Å². The first-order chi connectivity index (χ1) is 23.1. The van der Waals surface area contributed by atoms with Crippen molar-refractivity contribution >= 4 is 39.6 Å². The summed E-state index contributed by atoms with van der Waals surface area (Å²) < 4.78 is 12.9. The number of allylic oxidation sites excluding steroid dienone is 1. The second-order valence-electron chi connectivity index (χ2n) is 13.9. The smallest absolute Gasteiger partial charge is 0.313 e. The zero-order valence-electron chi connectivity index (χ0n) is 28.1. The third-order valence-electron chi connectivity index (χ3n) is 10.7. The van der Waals surface area contributed by atoms with Crippen LogP contribution in [0.25, 0.3) is 0 Å². The van der Waals surface area contributed by atoms with Gasteiger partial charge in [0, 0.05) is 23.8 Å². The van der Waals surface area contributed by atoms with Crippen molar-refractivity contribution in [2.75, 3.05) is 19.7 Å². The Hall–Kier alpha value is -3.02. The predicted molar refractivity (Wildman–Crippen MR) is 185 cm³/mol. The van der Waals surface area contributed by atoms with E-state index in [1.165, 1.54) is 4.90 Å². The Labute approximate surface area is 292 Å². The quantitative estimate of drug-likeness (QED) is 0.155. The molecule has 3 amide bonds. The number of ether oxygens (including phenoxy) is 2. The van der Waals surface area contributed by atoms with Gasteiger partial charge >= 0.3 is 5.97 Å². The van der Waals surface area contributed by atoms with Gasteiger partial charge in [0.05, 0.1) is 37.1 Å². The third kappa shape index (κ3) is 6.87. The minimum Gasteiger partial charge on any atom is -0.455 e. The van der Waals surface area contributed by atoms with E-state index >= 15 is 0 Å². The number of hydrogen-bond acceptors (Lipinski definition) is 7. The van der Waals surface area contributed by atoms with Gasteiger partial charge in [-0.15, -0.1) is 13.2 Å². The Kier molecular flexibility index (Phi) is 11.8. The average molecular weight is 729 g/mol. The lowest BCUT2D eigenvalue weighted by Crippen LogP contribution is -2.61. The Morgan fingerprint density at radius 3 is 2.50 bits per heavy atom. The highest BCUT2D eigenvalue weighted by atomic mass is 79.9. The molecule has 262 valence electrons. The largest absolute Gasteiger partial charge is 0.455 e. The molecule has 0 aromatic heterocycles. The number of nitrogens with one attached hydrogen (secondary N) is 1. The van der Waals surface area contributed by atoms with E-state index in [0.29, 0.717) is 24.9 Å². The first kappa shape index (κ1) is 36.3. The summed E-state index contributed by atoms with van der Waals surface area (Å²) in [6.45, 7) is 11.5. The Morgan fingerprint density at radius 1 is 1.17 bits per heavy atom. The van der Waals surface area contributed by atoms with Gasteiger partial charge in [0.2, 0.25) is 17.7 Å². The summed E-state index contributed by atoms with van der Waals surface area (Å²) in [5.74, 6) is -3.54. The lowest BCUT2D eigenvalue weighted by atomic mass is 9.70. The molecule has 1 saturated carbocycles. The number of carbonyl (C=O) groups excluding carboxylic acids is 4. The number of halogens is 1. The number of likely N-dealkylation sites (tertiary alicyclic amines) is 1. The van der Waals surface area contributed by atoms with Crippen molar-refractivity contribution in [3.63, 3.8) is 0 Å². The van der Waals surface area contributed by atoms with Gasteiger partial charge in [-0.2, -0.15) is 0 Å². The van der Waals surface area contributed by atoms with Crippen LogP contribution in [0.5, 0.6) is 0 Å². The number of esters is 1. The van der Waals surface area contributed by atoms with Crippen molar-refractivity contribution in [1.29, 1.82) is 0 Å². The highest BCUT2D eigenvalue weighted by molar-refractivity contribution is 9.09. The summed E-state index contributed by atoms with van der Waals surface area (Å²) in [7, 11) is 0. The van der Waals surface area contributed by atoms with Crippen LogP contribution in [0.15, 0.2) is 55.6 Å². The molecule has 0 radical (unpaired) electrons. The number of carbonyl (C=O) groups is 4. The van der Waals surface area contributed by atoms with Crippen LogP contribution >= 0.6 is 15.9 Å². The van der Waals surface area contributed by atoms with E-state index in [1.54, 1.807) is 12.2 Å². The molecule has 4 aliphatic rings. The summed E-state index contributed by atoms with van der Waals surface area (Å²) in [5.41, 5.74) is -0.585. The number of aliphatic hydroxyl groups is 1. The summed E-state index contributed by atoms with van der Waals surface area (Å²) in [5, 5.41) is 13.5. The van der Waals surface area contributed by atoms with Crippen LogP contribution in [0.1, 0.15) is 76.9 Å². The van der Waals surface area contributed by atoms with Gasteiger partial charge < -0.3 is 29.7 Å². The molecule has 3 aliphatic heterocycles. The molecular weight excluding hydrogens is 678 g/mol. The molecule has 11 heteroatoms. The topological polar surface area (TPSA) is 125 Å². The minimum absolute atomic E-state index is 0.00994. The molecule has 8 atom stereocenters. The molecule has 1 aromatic carbocycles. The standard InChI is InChI=1S/C37H50BrN3O7/c1-5-7-18-29(43)39-21-28(24-14-10-8-11-15-24)47-36(46)30-31-34(44)41(27(22-42)23(3)4)33(37(31)20-26(38)32(30)48-37)35(45)40(19-6-2)25-16-12-9-13-17-25/h5-6,8,10-11,14-15,23,25-28,30-33,42H,1-2,7,9,12-13,16-22H2,3-4H3,(H,39,43)/t26?,27-,28-,30-,31+,32-,33-,37+/m0/s1. The Balaban J connectivity index is 1.49. The second kappa shape index (κ2) is 15.7. The van der Waals surface area contributed by atoms with E-state index in [2.05, 4.69) is 34.4 Å². The molecule has 4 fully saturated rings. The van der Waals surface area contributed by atoms with Crippen molar-refractivity contribution in [2.45, 2.75) is 106 Å². The van der Waals surface area contributed by atoms with Gasteiger partial charge in [-0.1, -0.05) is 91.5 Å². The first-order valence-electron chi connectivity index (χ1n) is 17.4. The average Bonchev–Trinajstić information content (AvgIpc) is 3.68. The first-order valence-corrected chi connectivity index (χ1v) is 18.3. The lowest BCUT2D eigenvalue weighted by Gasteiger charge is -2.43. The van der Waals surface area contributed by atoms with Gasteiger partial charge in [0.1, 0.15) is 17.7 Å². The highest BCUT2D eigenvalue weighted by Crippen LogP contribution is 2.61. The van der Waals surface area contributed by atoms with Crippen molar-refractivity contribution in [3.05, 3.63) is 61.2 Å². The maximum absolute atomic E-state index is 14.9. The van der Waals surface area contributed by atoms with Gasteiger partial charge in [-0.05, 0) is 37.2 Å². The van der Waals surface area contributed by atoms with Crippen LogP contribution in [0.3, 0.4) is 0 Å². The van der Waals surface area contributed by atoms with E-state index in [-0.39, 0.29) is 54.1 Å². The fraction of sp³-hybridized carbons (Fsp3) is 0.622. The number of nitrogens with zero attached hydrogens (tertiary/aromatic N) is 2. The molecule has 3 heterocycles. The predicted octanol–water partition coefficient (Wildman–Crippen LogP) is 4.47. The fourth-order valence-corrected chi connectivity index (χ4v) is 9.29. The molecule has 3 saturated heterocycles. The summed E-state index contributed by atoms with van der Waals surface area (Å²) in [6.07, 6.45) is 7.92. The summed E-state index contributed by atoms with van der Waals surface area (Å²) in [6, 6.07) is 7.50. The number of alkyl halides is 1. The molecule has 10 nitrogen and oxygen atoms in total. The van der Waals surface area contributed by atoms with E-state index in [0.717, 1.165) is 32.1 Å². The van der Waals surface area contributed by atoms with E-state index < -0.39 is 47.7 Å². The zero-order chi connectivity index (χ0) is 34.6. The molecule has 2 bridgehead atoms. The van der Waals surface area contributed by atoms with Crippen LogP contribution in [-0.2, 0) is 28.7 Å². The van der Waals surface area contributed by atoms with Crippen molar-refractivity contribution in [1.82, 2.24) is 15.1 Å². The molecule has 1 aromatic rings. The number of hydrogen-bond donors (Lipinski definition) is 2. The number of benzene rings is 1. The van der Waals surface area contributed by atoms with Crippen LogP contribution < -0.4 is 5.32 Å². The van der Waals surface area contributed by atoms with E-state index in [4.69, 9.17) is 9.47 Å². The van der Waals surface area contributed by atoms with Gasteiger partial charge in [0.15, 0.2) is 0 Å². The SMILES string of the molecule is C=CCCC(=O)NC[C@H](OC(=O)[C@@H]1[C@H]2O[C@@]3(CC2Br)[C@H](C(=O)N(CC=C)C2CCCCC2)N([C@@H](CO)C(C)C)C(=O)[C@@H]13)c1ccccc1. The van der Waals surface area contributed by atoms with Crippen LogP contribution in [-0.4, -0.2) is 93.0 Å². The fourth-order valence-electron chi connectivity index (χ4n) is 8.34.